The number of rotatable bonds is 7. The van der Waals surface area contributed by atoms with Gasteiger partial charge < -0.3 is 10.6 Å². The molecular weight excluding hydrogens is 251 g/mol. The Morgan fingerprint density at radius 1 is 1.17 bits per heavy atom. The molecule has 0 atom stereocenters. The van der Waals surface area contributed by atoms with E-state index in [0.717, 1.165) is 44.5 Å². The number of anilines is 2. The Kier molecular flexibility index (Phi) is 6.27. The van der Waals surface area contributed by atoms with Gasteiger partial charge >= 0.3 is 0 Å². The predicted molar refractivity (Wildman–Crippen MR) is 77.9 cm³/mol. The molecule has 0 aliphatic rings. The van der Waals surface area contributed by atoms with E-state index in [1.807, 2.05) is 0 Å². The van der Waals surface area contributed by atoms with Gasteiger partial charge in [0, 0.05) is 19.2 Å². The second-order valence-electron chi connectivity index (χ2n) is 4.52. The van der Waals surface area contributed by atoms with Crippen molar-refractivity contribution in [3.05, 3.63) is 23.0 Å². The number of hydrogen-bond acceptors (Lipinski definition) is 2. The molecule has 0 unspecified atom stereocenters. The Labute approximate surface area is 114 Å². The molecule has 1 aromatic rings. The normalized spacial score (nSPS) is 10.7. The molecule has 0 heterocycles. The van der Waals surface area contributed by atoms with Crippen LogP contribution < -0.4 is 10.6 Å². The molecule has 0 spiro atoms. The molecule has 0 aliphatic heterocycles. The van der Waals surface area contributed by atoms with Crippen LogP contribution in [0.2, 0.25) is 5.02 Å². The minimum absolute atomic E-state index is 0.136. The molecule has 18 heavy (non-hydrogen) atoms. The first-order valence-electron chi connectivity index (χ1n) is 6.59. The van der Waals surface area contributed by atoms with Gasteiger partial charge in [-0.25, -0.2) is 4.39 Å². The molecule has 0 fully saturated rings. The Balaban J connectivity index is 2.92. The zero-order valence-corrected chi connectivity index (χ0v) is 11.9. The van der Waals surface area contributed by atoms with Crippen LogP contribution in [-0.2, 0) is 0 Å². The highest BCUT2D eigenvalue weighted by Crippen LogP contribution is 2.30. The highest BCUT2D eigenvalue weighted by molar-refractivity contribution is 6.31. The van der Waals surface area contributed by atoms with Crippen LogP contribution in [0.1, 0.15) is 39.5 Å². The van der Waals surface area contributed by atoms with Crippen molar-refractivity contribution in [1.29, 1.82) is 0 Å². The summed E-state index contributed by atoms with van der Waals surface area (Å²) in [6.07, 6.45) is 4.44. The molecule has 0 aliphatic carbocycles. The van der Waals surface area contributed by atoms with Crippen LogP contribution >= 0.6 is 11.6 Å². The summed E-state index contributed by atoms with van der Waals surface area (Å²) in [5.74, 6) is -0.455. The number of nitrogens with zero attached hydrogens (tertiary/aromatic N) is 1. The Morgan fingerprint density at radius 2 is 1.72 bits per heavy atom. The lowest BCUT2D eigenvalue weighted by molar-refractivity contribution is 0.627. The van der Waals surface area contributed by atoms with Gasteiger partial charge in [0.2, 0.25) is 0 Å². The monoisotopic (exact) mass is 272 g/mol. The zero-order chi connectivity index (χ0) is 13.5. The van der Waals surface area contributed by atoms with E-state index in [4.69, 9.17) is 17.3 Å². The summed E-state index contributed by atoms with van der Waals surface area (Å²) in [5, 5.41) is 0.136. The van der Waals surface area contributed by atoms with Crippen LogP contribution in [0.4, 0.5) is 15.8 Å². The first-order chi connectivity index (χ1) is 8.60. The maximum absolute atomic E-state index is 13.3. The number of hydrogen-bond donors (Lipinski definition) is 1. The van der Waals surface area contributed by atoms with E-state index in [2.05, 4.69) is 18.7 Å². The fraction of sp³-hybridized carbons (Fsp3) is 0.571. The second kappa shape index (κ2) is 7.47. The standard InChI is InChI=1S/C14H22ClFN2/c1-3-5-7-18(8-6-4-2)14-9-11(15)12(16)10-13(14)17/h9-10H,3-8,17H2,1-2H3. The average Bonchev–Trinajstić information content (AvgIpc) is 2.35. The maximum atomic E-state index is 13.3. The Morgan fingerprint density at radius 3 is 2.22 bits per heavy atom. The van der Waals surface area contributed by atoms with Gasteiger partial charge in [-0.2, -0.15) is 0 Å². The van der Waals surface area contributed by atoms with Crippen LogP contribution in [0.25, 0.3) is 0 Å². The minimum atomic E-state index is -0.455. The summed E-state index contributed by atoms with van der Waals surface area (Å²) in [6.45, 7) is 6.17. The van der Waals surface area contributed by atoms with Gasteiger partial charge in [0.25, 0.3) is 0 Å². The van der Waals surface area contributed by atoms with Crippen LogP contribution in [0, 0.1) is 5.82 Å². The van der Waals surface area contributed by atoms with Crippen LogP contribution in [-0.4, -0.2) is 13.1 Å². The number of nitrogen functional groups attached to an aromatic ring is 1. The highest BCUT2D eigenvalue weighted by Gasteiger charge is 2.12. The first kappa shape index (κ1) is 15.1. The van der Waals surface area contributed by atoms with E-state index in [0.29, 0.717) is 5.69 Å². The third-order valence-corrected chi connectivity index (χ3v) is 3.26. The quantitative estimate of drug-likeness (QED) is 0.742. The molecule has 1 aromatic carbocycles. The van der Waals surface area contributed by atoms with Gasteiger partial charge in [-0.3, -0.25) is 0 Å². The molecule has 2 N–H and O–H groups in total. The van der Waals surface area contributed by atoms with E-state index in [1.54, 1.807) is 6.07 Å². The molecule has 0 bridgehead atoms. The van der Waals surface area contributed by atoms with Crippen molar-refractivity contribution < 1.29 is 4.39 Å². The van der Waals surface area contributed by atoms with Crippen molar-refractivity contribution in [3.63, 3.8) is 0 Å². The molecule has 0 saturated carbocycles. The molecule has 2 nitrogen and oxygen atoms in total. The first-order valence-corrected chi connectivity index (χ1v) is 6.97. The lowest BCUT2D eigenvalue weighted by Gasteiger charge is -2.26. The van der Waals surface area contributed by atoms with E-state index in [1.165, 1.54) is 6.07 Å². The topological polar surface area (TPSA) is 29.3 Å². The lowest BCUT2D eigenvalue weighted by Crippen LogP contribution is -2.26. The van der Waals surface area contributed by atoms with Crippen LogP contribution in [0.3, 0.4) is 0 Å². The zero-order valence-electron chi connectivity index (χ0n) is 11.2. The average molecular weight is 273 g/mol. The van der Waals surface area contributed by atoms with Gasteiger partial charge in [0.1, 0.15) is 5.82 Å². The molecule has 1 rings (SSSR count). The van der Waals surface area contributed by atoms with Crippen molar-refractivity contribution >= 4 is 23.0 Å². The van der Waals surface area contributed by atoms with Crippen molar-refractivity contribution in [1.82, 2.24) is 0 Å². The molecule has 0 aromatic heterocycles. The van der Waals surface area contributed by atoms with E-state index < -0.39 is 5.82 Å². The van der Waals surface area contributed by atoms with E-state index in [9.17, 15) is 4.39 Å². The highest BCUT2D eigenvalue weighted by atomic mass is 35.5. The van der Waals surface area contributed by atoms with Gasteiger partial charge in [-0.05, 0) is 18.9 Å². The van der Waals surface area contributed by atoms with Crippen molar-refractivity contribution in [2.75, 3.05) is 23.7 Å². The van der Waals surface area contributed by atoms with Crippen molar-refractivity contribution in [2.45, 2.75) is 39.5 Å². The summed E-state index contributed by atoms with van der Waals surface area (Å²) >= 11 is 5.84. The molecular formula is C14H22ClFN2. The van der Waals surface area contributed by atoms with Crippen LogP contribution in [0.15, 0.2) is 12.1 Å². The summed E-state index contributed by atoms with van der Waals surface area (Å²) < 4.78 is 13.3. The number of halogens is 2. The third kappa shape index (κ3) is 4.05. The predicted octanol–water partition coefficient (Wildman–Crippen LogP) is 4.47. The smallest absolute Gasteiger partial charge is 0.143 e. The Bertz CT molecular complexity index is 374. The van der Waals surface area contributed by atoms with Crippen LogP contribution in [0.5, 0.6) is 0 Å². The minimum Gasteiger partial charge on any atom is -0.397 e. The van der Waals surface area contributed by atoms with Gasteiger partial charge in [-0.15, -0.1) is 0 Å². The fourth-order valence-electron chi connectivity index (χ4n) is 1.88. The second-order valence-corrected chi connectivity index (χ2v) is 4.93. The molecule has 4 heteroatoms. The summed E-state index contributed by atoms with van der Waals surface area (Å²) in [6, 6.07) is 2.94. The largest absolute Gasteiger partial charge is 0.397 e. The third-order valence-electron chi connectivity index (χ3n) is 2.97. The number of nitrogens with two attached hydrogens (primary N) is 1. The SMILES string of the molecule is CCCCN(CCCC)c1cc(Cl)c(F)cc1N. The molecule has 0 saturated heterocycles. The number of unbranched alkanes of at least 4 members (excludes halogenated alkanes) is 2. The van der Waals surface area contributed by atoms with Crippen molar-refractivity contribution in [3.8, 4) is 0 Å². The molecule has 102 valence electrons. The van der Waals surface area contributed by atoms with Crippen molar-refractivity contribution in [2.24, 2.45) is 0 Å². The van der Waals surface area contributed by atoms with E-state index >= 15 is 0 Å². The number of benzene rings is 1. The van der Waals surface area contributed by atoms with E-state index in [-0.39, 0.29) is 5.02 Å². The van der Waals surface area contributed by atoms with Gasteiger partial charge in [-0.1, -0.05) is 38.3 Å². The Hall–Kier alpha value is -0.960. The fourth-order valence-corrected chi connectivity index (χ4v) is 2.03. The lowest BCUT2D eigenvalue weighted by atomic mass is 10.2. The molecule has 0 radical (unpaired) electrons. The van der Waals surface area contributed by atoms with Gasteiger partial charge in [0.05, 0.1) is 16.4 Å². The summed E-state index contributed by atoms with van der Waals surface area (Å²) in [5.41, 5.74) is 7.21. The summed E-state index contributed by atoms with van der Waals surface area (Å²) in [4.78, 5) is 2.20. The van der Waals surface area contributed by atoms with Gasteiger partial charge in [0.15, 0.2) is 0 Å². The maximum Gasteiger partial charge on any atom is 0.143 e. The molecule has 0 amide bonds. The summed E-state index contributed by atoms with van der Waals surface area (Å²) in [7, 11) is 0.